The zero-order chi connectivity index (χ0) is 25.1. The van der Waals surface area contributed by atoms with Crippen molar-refractivity contribution in [3.63, 3.8) is 0 Å². The number of nitrogens with one attached hydrogen (secondary N) is 3. The molecule has 1 saturated carbocycles. The summed E-state index contributed by atoms with van der Waals surface area (Å²) in [6.07, 6.45) is 6.28. The number of H-pyrrole nitrogens is 1. The summed E-state index contributed by atoms with van der Waals surface area (Å²) in [6.45, 7) is -0.00406. The van der Waals surface area contributed by atoms with Gasteiger partial charge in [0, 0.05) is 24.4 Å². The molecule has 0 radical (unpaired) electrons. The van der Waals surface area contributed by atoms with E-state index in [1.54, 1.807) is 32.4 Å². The lowest BCUT2D eigenvalue weighted by Crippen LogP contribution is -2.17. The van der Waals surface area contributed by atoms with Crippen molar-refractivity contribution in [2.24, 2.45) is 0 Å². The molecule has 0 atom stereocenters. The number of aromatic nitrogens is 3. The number of anilines is 2. The summed E-state index contributed by atoms with van der Waals surface area (Å²) >= 11 is 0. The Bertz CT molecular complexity index is 1380. The minimum atomic E-state index is -0.198. The van der Waals surface area contributed by atoms with Crippen molar-refractivity contribution in [1.29, 1.82) is 0 Å². The Morgan fingerprint density at radius 2 is 1.92 bits per heavy atom. The predicted octanol–water partition coefficient (Wildman–Crippen LogP) is 4.55. The number of rotatable bonds is 8. The number of amides is 1. The summed E-state index contributed by atoms with van der Waals surface area (Å²) in [5.41, 5.74) is 4.51. The van der Waals surface area contributed by atoms with Gasteiger partial charge in [0.05, 0.1) is 24.8 Å². The first-order chi connectivity index (χ1) is 17.6. The van der Waals surface area contributed by atoms with Crippen LogP contribution in [0.15, 0.2) is 48.7 Å². The van der Waals surface area contributed by atoms with E-state index in [4.69, 9.17) is 19.4 Å². The molecule has 9 nitrogen and oxygen atoms in total. The van der Waals surface area contributed by atoms with Crippen LogP contribution in [0, 0.1) is 0 Å². The molecule has 0 unspecified atom stereocenters. The van der Waals surface area contributed by atoms with Crippen LogP contribution in [-0.2, 0) is 6.61 Å². The average molecular weight is 488 g/mol. The number of carbonyl (C=O) groups excluding carboxylic acids is 1. The summed E-state index contributed by atoms with van der Waals surface area (Å²) in [5.74, 6) is 1.16. The van der Waals surface area contributed by atoms with Crippen LogP contribution in [0.25, 0.3) is 22.2 Å². The number of ether oxygens (including phenoxy) is 2. The monoisotopic (exact) mass is 487 g/mol. The molecule has 0 aliphatic heterocycles. The van der Waals surface area contributed by atoms with Gasteiger partial charge >= 0.3 is 0 Å². The van der Waals surface area contributed by atoms with Crippen LogP contribution < -0.4 is 20.1 Å². The molecule has 0 saturated heterocycles. The standard InChI is InChI=1S/C27H29N5O4/c1-28-25(34)18-11-12-21(22(13-18)35-2)30-27-31-24-23(26(32-27)36-19-5-3-4-6-19)20(14-29-24)17-9-7-16(15-33)8-10-17/h7-14,19,33H,3-6,15H2,1-2H3,(H,28,34)(H2,29,30,31,32). The quantitative estimate of drug-likeness (QED) is 0.288. The summed E-state index contributed by atoms with van der Waals surface area (Å²) in [5, 5.41) is 16.0. The summed E-state index contributed by atoms with van der Waals surface area (Å²) in [7, 11) is 3.13. The van der Waals surface area contributed by atoms with Gasteiger partial charge in [-0.2, -0.15) is 9.97 Å². The van der Waals surface area contributed by atoms with Gasteiger partial charge < -0.3 is 30.2 Å². The number of methoxy groups -OCH3 is 1. The minimum Gasteiger partial charge on any atom is -0.495 e. The second kappa shape index (κ2) is 10.2. The fourth-order valence-electron chi connectivity index (χ4n) is 4.52. The van der Waals surface area contributed by atoms with Crippen molar-refractivity contribution in [3.05, 3.63) is 59.8 Å². The lowest BCUT2D eigenvalue weighted by molar-refractivity contribution is 0.0962. The van der Waals surface area contributed by atoms with Gasteiger partial charge in [-0.15, -0.1) is 0 Å². The number of fused-ring (bicyclic) bond motifs is 1. The Kier molecular flexibility index (Phi) is 6.73. The van der Waals surface area contributed by atoms with Crippen molar-refractivity contribution in [1.82, 2.24) is 20.3 Å². The van der Waals surface area contributed by atoms with Gasteiger partial charge in [-0.1, -0.05) is 24.3 Å². The van der Waals surface area contributed by atoms with Crippen LogP contribution in [0.1, 0.15) is 41.6 Å². The van der Waals surface area contributed by atoms with Crippen molar-refractivity contribution in [2.75, 3.05) is 19.5 Å². The molecule has 1 aliphatic carbocycles. The number of hydrogen-bond donors (Lipinski definition) is 4. The van der Waals surface area contributed by atoms with Gasteiger partial charge in [0.15, 0.2) is 0 Å². The number of carbonyl (C=O) groups is 1. The van der Waals surface area contributed by atoms with Crippen molar-refractivity contribution < 1.29 is 19.4 Å². The average Bonchev–Trinajstić information content (AvgIpc) is 3.58. The number of aromatic amines is 1. The first-order valence-corrected chi connectivity index (χ1v) is 12.0. The molecule has 186 valence electrons. The van der Waals surface area contributed by atoms with Crippen LogP contribution in [0.3, 0.4) is 0 Å². The number of aliphatic hydroxyl groups excluding tert-OH is 1. The fourth-order valence-corrected chi connectivity index (χ4v) is 4.52. The SMILES string of the molecule is CNC(=O)c1ccc(Nc2nc(OC3CCCC3)c3c(-c4ccc(CO)cc4)c[nH]c3n2)c(OC)c1. The molecule has 1 fully saturated rings. The van der Waals surface area contributed by atoms with Crippen LogP contribution in [0.5, 0.6) is 11.6 Å². The van der Waals surface area contributed by atoms with E-state index >= 15 is 0 Å². The number of aliphatic hydroxyl groups is 1. The van der Waals surface area contributed by atoms with Crippen molar-refractivity contribution >= 4 is 28.6 Å². The third-order valence-electron chi connectivity index (χ3n) is 6.46. The molecule has 0 bridgehead atoms. The maximum absolute atomic E-state index is 12.0. The topological polar surface area (TPSA) is 121 Å². The minimum absolute atomic E-state index is 0.00406. The summed E-state index contributed by atoms with van der Waals surface area (Å²) in [6, 6.07) is 12.9. The lowest BCUT2D eigenvalue weighted by atomic mass is 10.0. The Morgan fingerprint density at radius 3 is 2.61 bits per heavy atom. The molecule has 2 heterocycles. The number of hydrogen-bond acceptors (Lipinski definition) is 7. The molecule has 2 aromatic carbocycles. The smallest absolute Gasteiger partial charge is 0.251 e. The van der Waals surface area contributed by atoms with Gasteiger partial charge in [0.25, 0.3) is 5.91 Å². The summed E-state index contributed by atoms with van der Waals surface area (Å²) in [4.78, 5) is 24.7. The zero-order valence-corrected chi connectivity index (χ0v) is 20.3. The van der Waals surface area contributed by atoms with E-state index in [-0.39, 0.29) is 18.6 Å². The number of benzene rings is 2. The third kappa shape index (κ3) is 4.70. The van der Waals surface area contributed by atoms with E-state index < -0.39 is 0 Å². The molecule has 4 N–H and O–H groups in total. The Hall–Kier alpha value is -4.11. The largest absolute Gasteiger partial charge is 0.495 e. The lowest BCUT2D eigenvalue weighted by Gasteiger charge is -2.16. The molecule has 5 rings (SSSR count). The molecular formula is C27H29N5O4. The zero-order valence-electron chi connectivity index (χ0n) is 20.3. The van der Waals surface area contributed by atoms with Gasteiger partial charge in [0.2, 0.25) is 11.8 Å². The number of nitrogens with zero attached hydrogens (tertiary/aromatic N) is 2. The van der Waals surface area contributed by atoms with E-state index in [1.807, 2.05) is 30.5 Å². The summed E-state index contributed by atoms with van der Waals surface area (Å²) < 4.78 is 11.9. The highest BCUT2D eigenvalue weighted by Gasteiger charge is 2.23. The van der Waals surface area contributed by atoms with Crippen LogP contribution in [0.2, 0.25) is 0 Å². The normalized spacial score (nSPS) is 13.6. The molecule has 9 heteroatoms. The third-order valence-corrected chi connectivity index (χ3v) is 6.46. The molecule has 1 aliphatic rings. The van der Waals surface area contributed by atoms with E-state index in [2.05, 4.69) is 15.6 Å². The Morgan fingerprint density at radius 1 is 1.14 bits per heavy atom. The second-order valence-electron chi connectivity index (χ2n) is 8.78. The maximum Gasteiger partial charge on any atom is 0.251 e. The van der Waals surface area contributed by atoms with Gasteiger partial charge in [-0.25, -0.2) is 0 Å². The Labute approximate surface area is 208 Å². The van der Waals surface area contributed by atoms with E-state index in [9.17, 15) is 9.90 Å². The molecular weight excluding hydrogens is 458 g/mol. The van der Waals surface area contributed by atoms with Gasteiger partial charge in [0.1, 0.15) is 17.5 Å². The molecule has 4 aromatic rings. The van der Waals surface area contributed by atoms with Crippen LogP contribution >= 0.6 is 0 Å². The van der Waals surface area contributed by atoms with Crippen LogP contribution in [-0.4, -0.2) is 46.2 Å². The van der Waals surface area contributed by atoms with E-state index in [0.717, 1.165) is 47.8 Å². The Balaban J connectivity index is 1.55. The van der Waals surface area contributed by atoms with Crippen LogP contribution in [0.4, 0.5) is 11.6 Å². The first-order valence-electron chi connectivity index (χ1n) is 12.0. The van der Waals surface area contributed by atoms with Gasteiger partial charge in [-0.05, 0) is 55.0 Å². The van der Waals surface area contributed by atoms with E-state index in [0.29, 0.717) is 34.5 Å². The molecule has 36 heavy (non-hydrogen) atoms. The van der Waals surface area contributed by atoms with Gasteiger partial charge in [-0.3, -0.25) is 4.79 Å². The maximum atomic E-state index is 12.0. The molecule has 2 aromatic heterocycles. The highest BCUT2D eigenvalue weighted by Crippen LogP contribution is 2.37. The predicted molar refractivity (Wildman–Crippen MR) is 138 cm³/mol. The fraction of sp³-hybridized carbons (Fsp3) is 0.296. The molecule has 1 amide bonds. The van der Waals surface area contributed by atoms with Crippen molar-refractivity contribution in [3.8, 4) is 22.8 Å². The van der Waals surface area contributed by atoms with Crippen molar-refractivity contribution in [2.45, 2.75) is 38.4 Å². The first kappa shape index (κ1) is 23.6. The molecule has 0 spiro atoms. The highest BCUT2D eigenvalue weighted by atomic mass is 16.5. The highest BCUT2D eigenvalue weighted by molar-refractivity contribution is 5.98. The van der Waals surface area contributed by atoms with E-state index in [1.165, 1.54) is 0 Å². The second-order valence-corrected chi connectivity index (χ2v) is 8.78.